The van der Waals surface area contributed by atoms with Crippen molar-refractivity contribution in [3.8, 4) is 5.69 Å². The van der Waals surface area contributed by atoms with Gasteiger partial charge in [0.15, 0.2) is 0 Å². The second-order valence-electron chi connectivity index (χ2n) is 3.36. The van der Waals surface area contributed by atoms with Gasteiger partial charge in [-0.3, -0.25) is 0 Å². The number of rotatable bonds is 1. The average molecular weight is 250 g/mol. The van der Waals surface area contributed by atoms with E-state index in [1.165, 1.54) is 6.07 Å². The van der Waals surface area contributed by atoms with Gasteiger partial charge in [-0.2, -0.15) is 0 Å². The molecule has 0 fully saturated rings. The van der Waals surface area contributed by atoms with Gasteiger partial charge >= 0.3 is 0 Å². The van der Waals surface area contributed by atoms with Crippen LogP contribution in [0.3, 0.4) is 0 Å². The van der Waals surface area contributed by atoms with Crippen LogP contribution in [0.4, 0.5) is 4.39 Å². The average Bonchev–Trinajstić information content (AvgIpc) is 2.84. The minimum Gasteiger partial charge on any atom is -0.306 e. The molecule has 0 aliphatic carbocycles. The van der Waals surface area contributed by atoms with Crippen molar-refractivity contribution in [2.45, 2.75) is 41.5 Å². The molecule has 0 amide bonds. The summed E-state index contributed by atoms with van der Waals surface area (Å²) in [4.78, 5) is 4.11. The first-order chi connectivity index (χ1) is 8.66. The van der Waals surface area contributed by atoms with Gasteiger partial charge in [0, 0.05) is 11.9 Å². The van der Waals surface area contributed by atoms with Gasteiger partial charge in [0.1, 0.15) is 5.82 Å². The molecule has 0 spiro atoms. The Hall–Kier alpha value is -1.64. The molecule has 2 nitrogen and oxygen atoms in total. The number of halogens is 1. The van der Waals surface area contributed by atoms with Crippen molar-refractivity contribution < 1.29 is 4.39 Å². The van der Waals surface area contributed by atoms with Crippen molar-refractivity contribution in [2.24, 2.45) is 0 Å². The largest absolute Gasteiger partial charge is 0.306 e. The van der Waals surface area contributed by atoms with Crippen LogP contribution in [0.25, 0.3) is 5.69 Å². The van der Waals surface area contributed by atoms with Crippen LogP contribution in [-0.2, 0) is 0 Å². The molecule has 0 radical (unpaired) electrons. The molecule has 0 aliphatic heterocycles. The van der Waals surface area contributed by atoms with Crippen LogP contribution in [0, 0.1) is 19.7 Å². The van der Waals surface area contributed by atoms with E-state index < -0.39 is 0 Å². The smallest absolute Gasteiger partial charge is 0.126 e. The Morgan fingerprint density at radius 1 is 1.06 bits per heavy atom. The van der Waals surface area contributed by atoms with Crippen molar-refractivity contribution >= 4 is 0 Å². The summed E-state index contributed by atoms with van der Waals surface area (Å²) in [6, 6.07) is 5.01. The zero-order chi connectivity index (χ0) is 14.1. The second kappa shape index (κ2) is 8.45. The Morgan fingerprint density at radius 2 is 1.67 bits per heavy atom. The molecule has 3 heteroatoms. The molecule has 0 saturated carbocycles. The molecule has 0 saturated heterocycles. The number of hydrogen-bond acceptors (Lipinski definition) is 1. The van der Waals surface area contributed by atoms with E-state index in [-0.39, 0.29) is 5.82 Å². The fraction of sp³-hybridized carbons (Fsp3) is 0.400. The Morgan fingerprint density at radius 3 is 2.11 bits per heavy atom. The highest BCUT2D eigenvalue weighted by molar-refractivity contribution is 5.36. The van der Waals surface area contributed by atoms with Crippen LogP contribution >= 0.6 is 0 Å². The summed E-state index contributed by atoms with van der Waals surface area (Å²) in [5.41, 5.74) is 2.53. The fourth-order valence-electron chi connectivity index (χ4n) is 1.35. The molecule has 0 unspecified atom stereocenters. The highest BCUT2D eigenvalue weighted by Crippen LogP contribution is 2.13. The van der Waals surface area contributed by atoms with Crippen LogP contribution in [0.1, 0.15) is 39.0 Å². The molecule has 0 aliphatic rings. The lowest BCUT2D eigenvalue weighted by molar-refractivity contribution is 0.618. The second-order valence-corrected chi connectivity index (χ2v) is 3.36. The molecule has 1 heterocycles. The summed E-state index contributed by atoms with van der Waals surface area (Å²) < 4.78 is 14.9. The lowest BCUT2D eigenvalue weighted by Crippen LogP contribution is -1.92. The van der Waals surface area contributed by atoms with Crippen LogP contribution in [0.15, 0.2) is 30.7 Å². The predicted molar refractivity (Wildman–Crippen MR) is 75.7 cm³/mol. The first-order valence-corrected chi connectivity index (χ1v) is 6.44. The molecular weight excluding hydrogens is 227 g/mol. The first-order valence-electron chi connectivity index (χ1n) is 6.44. The van der Waals surface area contributed by atoms with Gasteiger partial charge in [0.25, 0.3) is 0 Å². The number of nitrogens with zero attached hydrogens (tertiary/aromatic N) is 2. The van der Waals surface area contributed by atoms with E-state index >= 15 is 0 Å². The maximum atomic E-state index is 13.0. The fourth-order valence-corrected chi connectivity index (χ4v) is 1.35. The van der Waals surface area contributed by atoms with Crippen LogP contribution in [-0.4, -0.2) is 9.55 Å². The number of imidazole rings is 1. The first kappa shape index (κ1) is 16.4. The summed E-state index contributed by atoms with van der Waals surface area (Å²) in [5.74, 6) is -0.175. The van der Waals surface area contributed by atoms with Crippen LogP contribution < -0.4 is 0 Å². The molecule has 0 atom stereocenters. The van der Waals surface area contributed by atoms with Crippen molar-refractivity contribution in [2.75, 3.05) is 0 Å². The molecule has 2 rings (SSSR count). The molecule has 18 heavy (non-hydrogen) atoms. The normalized spacial score (nSPS) is 8.83. The Kier molecular flexibility index (Phi) is 7.68. The summed E-state index contributed by atoms with van der Waals surface area (Å²) in [6.45, 7) is 11.7. The van der Waals surface area contributed by atoms with E-state index in [0.29, 0.717) is 5.56 Å². The minimum absolute atomic E-state index is 0.175. The van der Waals surface area contributed by atoms with Gasteiger partial charge < -0.3 is 4.57 Å². The van der Waals surface area contributed by atoms with Crippen LogP contribution in [0.2, 0.25) is 0 Å². The van der Waals surface area contributed by atoms with Gasteiger partial charge in [-0.25, -0.2) is 9.37 Å². The lowest BCUT2D eigenvalue weighted by Gasteiger charge is -2.03. The van der Waals surface area contributed by atoms with Crippen molar-refractivity contribution in [1.82, 2.24) is 9.55 Å². The van der Waals surface area contributed by atoms with E-state index in [2.05, 4.69) is 4.98 Å². The molecular formula is C15H23FN2. The van der Waals surface area contributed by atoms with Gasteiger partial charge in [0.05, 0.1) is 12.0 Å². The summed E-state index contributed by atoms with van der Waals surface area (Å²) in [5, 5.41) is 0. The summed E-state index contributed by atoms with van der Waals surface area (Å²) in [6.07, 6.45) is 3.63. The van der Waals surface area contributed by atoms with E-state index in [0.717, 1.165) is 11.4 Å². The standard InChI is InChI=1S/C11H11FN2.2C2H6/c1-8-5-10(3-4-11(8)12)14-6-9(2)13-7-14;2*1-2/h3-7H,1-2H3;2*1-2H3. The third-order valence-corrected chi connectivity index (χ3v) is 2.15. The molecule has 1 aromatic heterocycles. The van der Waals surface area contributed by atoms with Gasteiger partial charge in [0.2, 0.25) is 0 Å². The van der Waals surface area contributed by atoms with Gasteiger partial charge in [-0.1, -0.05) is 27.7 Å². The molecule has 100 valence electrons. The third-order valence-electron chi connectivity index (χ3n) is 2.15. The third kappa shape index (κ3) is 4.32. The number of aromatic nitrogens is 2. The van der Waals surface area contributed by atoms with Crippen LogP contribution in [0.5, 0.6) is 0 Å². The maximum Gasteiger partial charge on any atom is 0.126 e. The van der Waals surface area contributed by atoms with Crippen molar-refractivity contribution in [1.29, 1.82) is 0 Å². The Balaban J connectivity index is 0.000000659. The number of hydrogen-bond donors (Lipinski definition) is 0. The van der Waals surface area contributed by atoms with E-state index in [1.807, 2.05) is 45.4 Å². The number of benzene rings is 1. The molecule has 1 aromatic carbocycles. The highest BCUT2D eigenvalue weighted by Gasteiger charge is 2.01. The van der Waals surface area contributed by atoms with Gasteiger partial charge in [-0.05, 0) is 37.6 Å². The predicted octanol–water partition coefficient (Wildman–Crippen LogP) is 4.68. The van der Waals surface area contributed by atoms with E-state index in [9.17, 15) is 4.39 Å². The quantitative estimate of drug-likeness (QED) is 0.718. The zero-order valence-electron chi connectivity index (χ0n) is 12.2. The minimum atomic E-state index is -0.175. The SMILES string of the molecule is CC.CC.Cc1cn(-c2ccc(F)c(C)c2)cn1. The highest BCUT2D eigenvalue weighted by atomic mass is 19.1. The summed E-state index contributed by atoms with van der Waals surface area (Å²) >= 11 is 0. The molecule has 0 N–H and O–H groups in total. The van der Waals surface area contributed by atoms with Crippen molar-refractivity contribution in [3.63, 3.8) is 0 Å². The van der Waals surface area contributed by atoms with Gasteiger partial charge in [-0.15, -0.1) is 0 Å². The Labute approximate surface area is 109 Å². The molecule has 2 aromatic rings. The summed E-state index contributed by atoms with van der Waals surface area (Å²) in [7, 11) is 0. The van der Waals surface area contributed by atoms with E-state index in [4.69, 9.17) is 0 Å². The Bertz CT molecular complexity index is 461. The van der Waals surface area contributed by atoms with Crippen molar-refractivity contribution in [3.05, 3.63) is 47.8 Å². The maximum absolute atomic E-state index is 13.0. The zero-order valence-corrected chi connectivity index (χ0v) is 12.2. The molecule has 0 bridgehead atoms. The van der Waals surface area contributed by atoms with E-state index in [1.54, 1.807) is 25.4 Å². The monoisotopic (exact) mass is 250 g/mol. The topological polar surface area (TPSA) is 17.8 Å². The number of aryl methyl sites for hydroxylation is 2. The lowest BCUT2D eigenvalue weighted by atomic mass is 10.2.